The number of rotatable bonds is 10. The Balaban J connectivity index is 0. The normalized spacial score (nSPS) is 16.1. The predicted molar refractivity (Wildman–Crippen MR) is 67.1 cm³/mol. The zero-order valence-electron chi connectivity index (χ0n) is 11.7. The largest absolute Gasteiger partial charge is 1.00 e. The van der Waals surface area contributed by atoms with E-state index in [0.717, 1.165) is 6.42 Å². The molecule has 0 rings (SSSR count). The summed E-state index contributed by atoms with van der Waals surface area (Å²) in [5.41, 5.74) is 0. The standard InChI is InChI=1S/C13H30NO2.ClH/c1-4-6-7-8-9-10-11-12-13(15)14(3,16)5-2;/h13,15-16H,4-12H2,1-3H3;1H/q+1;/p-1. The summed E-state index contributed by atoms with van der Waals surface area (Å²) in [6.07, 6.45) is 8.79. The summed E-state index contributed by atoms with van der Waals surface area (Å²) in [7, 11) is 1.66. The van der Waals surface area contributed by atoms with Crippen LogP contribution in [0.15, 0.2) is 0 Å². The zero-order valence-corrected chi connectivity index (χ0v) is 12.4. The monoisotopic (exact) mass is 267 g/mol. The predicted octanol–water partition coefficient (Wildman–Crippen LogP) is 0.305. The molecule has 0 aromatic rings. The number of halogens is 1. The molecule has 0 heterocycles. The number of aliphatic hydroxyl groups is 1. The van der Waals surface area contributed by atoms with E-state index in [4.69, 9.17) is 0 Å². The minimum atomic E-state index is -0.624. The Morgan fingerprint density at radius 3 is 1.88 bits per heavy atom. The Hall–Kier alpha value is 0.170. The van der Waals surface area contributed by atoms with Crippen LogP contribution in [0.3, 0.4) is 0 Å². The molecule has 0 saturated heterocycles. The van der Waals surface area contributed by atoms with Crippen LogP contribution in [0.25, 0.3) is 0 Å². The van der Waals surface area contributed by atoms with Crippen molar-refractivity contribution in [2.24, 2.45) is 0 Å². The third kappa shape index (κ3) is 9.83. The maximum Gasteiger partial charge on any atom is 0.220 e. The van der Waals surface area contributed by atoms with Crippen LogP contribution < -0.4 is 12.4 Å². The van der Waals surface area contributed by atoms with Crippen LogP contribution in [0.4, 0.5) is 0 Å². The van der Waals surface area contributed by atoms with Crippen molar-refractivity contribution in [3.8, 4) is 0 Å². The van der Waals surface area contributed by atoms with E-state index in [9.17, 15) is 10.3 Å². The maximum absolute atomic E-state index is 9.75. The highest BCUT2D eigenvalue weighted by Crippen LogP contribution is 2.13. The van der Waals surface area contributed by atoms with Crippen molar-refractivity contribution in [2.45, 2.75) is 71.4 Å². The van der Waals surface area contributed by atoms with Gasteiger partial charge in [-0.1, -0.05) is 45.4 Å². The van der Waals surface area contributed by atoms with E-state index >= 15 is 0 Å². The Bertz CT molecular complexity index is 165. The summed E-state index contributed by atoms with van der Waals surface area (Å²) >= 11 is 0. The molecule has 0 aliphatic carbocycles. The fourth-order valence-electron chi connectivity index (χ4n) is 1.77. The second-order valence-electron chi connectivity index (χ2n) is 4.92. The van der Waals surface area contributed by atoms with E-state index in [-0.39, 0.29) is 17.1 Å². The molecule has 0 fully saturated rings. The van der Waals surface area contributed by atoms with Crippen LogP contribution in [-0.4, -0.2) is 34.8 Å². The number of hydroxylamine groups is 3. The Labute approximate surface area is 113 Å². The summed E-state index contributed by atoms with van der Waals surface area (Å²) in [5.74, 6) is 0. The van der Waals surface area contributed by atoms with Crippen molar-refractivity contribution in [3.63, 3.8) is 0 Å². The van der Waals surface area contributed by atoms with Crippen LogP contribution in [0.1, 0.15) is 65.2 Å². The first-order chi connectivity index (χ1) is 7.54. The number of quaternary nitrogens is 1. The van der Waals surface area contributed by atoms with Gasteiger partial charge in [0.2, 0.25) is 6.23 Å². The second kappa shape index (κ2) is 11.3. The molecule has 106 valence electrons. The van der Waals surface area contributed by atoms with Gasteiger partial charge < -0.3 is 17.5 Å². The van der Waals surface area contributed by atoms with E-state index < -0.39 is 6.23 Å². The first-order valence-electron chi connectivity index (χ1n) is 6.80. The molecule has 17 heavy (non-hydrogen) atoms. The molecule has 4 heteroatoms. The smallest absolute Gasteiger partial charge is 0.220 e. The maximum atomic E-state index is 9.75. The van der Waals surface area contributed by atoms with Crippen LogP contribution in [0.5, 0.6) is 0 Å². The van der Waals surface area contributed by atoms with Gasteiger partial charge in [0.15, 0.2) is 0 Å². The number of nitrogens with zero attached hydrogens (tertiary/aromatic N) is 1. The number of hydrogen-bond donors (Lipinski definition) is 2. The highest BCUT2D eigenvalue weighted by Gasteiger charge is 2.26. The molecule has 0 aliphatic rings. The van der Waals surface area contributed by atoms with E-state index in [2.05, 4.69) is 6.92 Å². The Kier molecular flexibility index (Phi) is 12.9. The van der Waals surface area contributed by atoms with E-state index in [1.54, 1.807) is 7.05 Å². The summed E-state index contributed by atoms with van der Waals surface area (Å²) in [5, 5.41) is 19.5. The third-order valence-corrected chi connectivity index (χ3v) is 3.35. The molecule has 2 N–H and O–H groups in total. The van der Waals surface area contributed by atoms with Gasteiger partial charge in [0, 0.05) is 6.42 Å². The van der Waals surface area contributed by atoms with Crippen LogP contribution in [-0.2, 0) is 0 Å². The SMILES string of the molecule is CCCCCCCCCC(O)[N+](C)(O)CC.[Cl-]. The van der Waals surface area contributed by atoms with Gasteiger partial charge in [-0.05, 0) is 13.3 Å². The minimum absolute atomic E-state index is 0. The third-order valence-electron chi connectivity index (χ3n) is 3.35. The van der Waals surface area contributed by atoms with E-state index in [1.165, 1.54) is 38.5 Å². The van der Waals surface area contributed by atoms with Crippen LogP contribution in [0.2, 0.25) is 0 Å². The quantitative estimate of drug-likeness (QED) is 0.259. The number of hydrogen-bond acceptors (Lipinski definition) is 2. The van der Waals surface area contributed by atoms with Gasteiger partial charge in [-0.3, -0.25) is 0 Å². The second-order valence-corrected chi connectivity index (χ2v) is 4.92. The number of unbranched alkanes of at least 4 members (excludes halogenated alkanes) is 6. The molecule has 0 aromatic carbocycles. The summed E-state index contributed by atoms with van der Waals surface area (Å²) in [6, 6.07) is 0. The van der Waals surface area contributed by atoms with Crippen molar-refractivity contribution >= 4 is 0 Å². The van der Waals surface area contributed by atoms with Crippen LogP contribution in [0, 0.1) is 0 Å². The number of aliphatic hydroxyl groups excluding tert-OH is 1. The molecule has 0 bridgehead atoms. The van der Waals surface area contributed by atoms with Crippen molar-refractivity contribution in [1.29, 1.82) is 0 Å². The Morgan fingerprint density at radius 2 is 1.41 bits per heavy atom. The van der Waals surface area contributed by atoms with Gasteiger partial charge >= 0.3 is 0 Å². The van der Waals surface area contributed by atoms with Gasteiger partial charge in [0.1, 0.15) is 13.6 Å². The van der Waals surface area contributed by atoms with Gasteiger partial charge in [-0.15, -0.1) is 0 Å². The summed E-state index contributed by atoms with van der Waals surface area (Å²) in [4.78, 5) is 0. The first-order valence-corrected chi connectivity index (χ1v) is 6.80. The fourth-order valence-corrected chi connectivity index (χ4v) is 1.77. The average Bonchev–Trinajstić information content (AvgIpc) is 2.27. The highest BCUT2D eigenvalue weighted by atomic mass is 35.5. The van der Waals surface area contributed by atoms with E-state index in [1.807, 2.05) is 6.92 Å². The van der Waals surface area contributed by atoms with Crippen LogP contribution >= 0.6 is 0 Å². The van der Waals surface area contributed by atoms with E-state index in [0.29, 0.717) is 13.0 Å². The lowest BCUT2D eigenvalue weighted by molar-refractivity contribution is -1.12. The molecule has 0 saturated carbocycles. The molecular formula is C13H30ClNO2. The molecule has 0 aromatic heterocycles. The van der Waals surface area contributed by atoms with Gasteiger partial charge in [-0.25, -0.2) is 5.21 Å². The Morgan fingerprint density at radius 1 is 0.941 bits per heavy atom. The molecule has 3 nitrogen and oxygen atoms in total. The molecule has 0 radical (unpaired) electrons. The minimum Gasteiger partial charge on any atom is -1.00 e. The molecular weight excluding hydrogens is 238 g/mol. The van der Waals surface area contributed by atoms with Crippen molar-refractivity contribution in [2.75, 3.05) is 13.6 Å². The van der Waals surface area contributed by atoms with Crippen molar-refractivity contribution in [3.05, 3.63) is 0 Å². The summed E-state index contributed by atoms with van der Waals surface area (Å²) < 4.78 is -0.268. The van der Waals surface area contributed by atoms with Crippen molar-refractivity contribution in [1.82, 2.24) is 0 Å². The highest BCUT2D eigenvalue weighted by molar-refractivity contribution is 4.47. The molecule has 2 atom stereocenters. The lowest BCUT2D eigenvalue weighted by Gasteiger charge is -2.29. The van der Waals surface area contributed by atoms with Gasteiger partial charge in [0.25, 0.3) is 0 Å². The lowest BCUT2D eigenvalue weighted by atomic mass is 10.1. The molecule has 2 unspecified atom stereocenters. The first kappa shape index (κ1) is 19.5. The lowest BCUT2D eigenvalue weighted by Crippen LogP contribution is -3.00. The molecule has 0 amide bonds. The topological polar surface area (TPSA) is 40.5 Å². The zero-order chi connectivity index (χ0) is 12.4. The summed E-state index contributed by atoms with van der Waals surface area (Å²) in [6.45, 7) is 4.66. The fraction of sp³-hybridized carbons (Fsp3) is 1.00. The van der Waals surface area contributed by atoms with Gasteiger partial charge in [0.05, 0.1) is 0 Å². The average molecular weight is 268 g/mol. The molecule has 0 spiro atoms. The van der Waals surface area contributed by atoms with Crippen molar-refractivity contribution < 1.29 is 27.4 Å². The molecule has 0 aliphatic heterocycles. The van der Waals surface area contributed by atoms with Gasteiger partial charge in [-0.2, -0.15) is 4.65 Å².